The van der Waals surface area contributed by atoms with Crippen LogP contribution >= 0.6 is 0 Å². The zero-order valence-corrected chi connectivity index (χ0v) is 16.7. The number of hydrogen-bond acceptors (Lipinski definition) is 3. The molecule has 0 N–H and O–H groups in total. The summed E-state index contributed by atoms with van der Waals surface area (Å²) >= 11 is 0. The summed E-state index contributed by atoms with van der Waals surface area (Å²) in [5.74, 6) is 3.52. The molecule has 1 saturated carbocycles. The number of methoxy groups -OCH3 is 1. The first-order valence-corrected chi connectivity index (χ1v) is 10.2. The van der Waals surface area contributed by atoms with Gasteiger partial charge in [-0.05, 0) is 62.4 Å². The van der Waals surface area contributed by atoms with Gasteiger partial charge in [-0.3, -0.25) is 0 Å². The second kappa shape index (κ2) is 8.51. The Bertz CT molecular complexity index is 970. The van der Waals surface area contributed by atoms with Crippen LogP contribution in [0.15, 0.2) is 48.5 Å². The molecule has 0 unspecified atom stereocenters. The summed E-state index contributed by atoms with van der Waals surface area (Å²) in [5, 5.41) is 0. The van der Waals surface area contributed by atoms with Gasteiger partial charge in [-0.25, -0.2) is 4.98 Å². The van der Waals surface area contributed by atoms with Crippen molar-refractivity contribution < 1.29 is 9.47 Å². The van der Waals surface area contributed by atoms with Crippen molar-refractivity contribution in [3.63, 3.8) is 0 Å². The van der Waals surface area contributed by atoms with Crippen molar-refractivity contribution in [2.24, 2.45) is 0 Å². The maximum atomic E-state index is 5.98. The first kappa shape index (κ1) is 18.6. The van der Waals surface area contributed by atoms with Crippen LogP contribution in [0.4, 0.5) is 0 Å². The molecule has 0 bridgehead atoms. The summed E-state index contributed by atoms with van der Waals surface area (Å²) in [5.41, 5.74) is 3.49. The van der Waals surface area contributed by atoms with Gasteiger partial charge in [0.2, 0.25) is 0 Å². The van der Waals surface area contributed by atoms with Crippen LogP contribution in [0.3, 0.4) is 0 Å². The fraction of sp³-hybridized carbons (Fsp3) is 0.375. The number of hydrogen-bond donors (Lipinski definition) is 0. The van der Waals surface area contributed by atoms with E-state index in [1.165, 1.54) is 24.2 Å². The minimum atomic E-state index is 0.656. The van der Waals surface area contributed by atoms with Crippen LogP contribution in [0.25, 0.3) is 17.1 Å². The molecular weight excluding hydrogens is 348 g/mol. The second-order valence-electron chi connectivity index (χ2n) is 7.35. The van der Waals surface area contributed by atoms with Gasteiger partial charge in [0.15, 0.2) is 11.5 Å². The Labute approximate surface area is 166 Å². The lowest BCUT2D eigenvalue weighted by atomic mass is 10.2. The minimum absolute atomic E-state index is 0.656. The SMILES string of the molecule is C/C=C/c1ccc(OCCCCn2c(C3CC3)nc3ccccc32)c(OC)c1. The summed E-state index contributed by atoms with van der Waals surface area (Å²) < 4.78 is 13.9. The fourth-order valence-electron chi connectivity index (χ4n) is 3.64. The Balaban J connectivity index is 1.34. The van der Waals surface area contributed by atoms with E-state index in [0.29, 0.717) is 12.5 Å². The molecule has 1 aromatic heterocycles. The smallest absolute Gasteiger partial charge is 0.161 e. The van der Waals surface area contributed by atoms with Gasteiger partial charge in [0.25, 0.3) is 0 Å². The van der Waals surface area contributed by atoms with E-state index < -0.39 is 0 Å². The Hall–Kier alpha value is -2.75. The normalized spacial score (nSPS) is 14.1. The van der Waals surface area contributed by atoms with Crippen LogP contribution in [-0.4, -0.2) is 23.3 Å². The quantitative estimate of drug-likeness (QED) is 0.442. The molecule has 4 nitrogen and oxygen atoms in total. The maximum Gasteiger partial charge on any atom is 0.161 e. The first-order chi connectivity index (χ1) is 13.8. The Kier molecular flexibility index (Phi) is 5.65. The molecule has 4 heteroatoms. The number of aromatic nitrogens is 2. The van der Waals surface area contributed by atoms with Crippen LogP contribution in [0, 0.1) is 0 Å². The molecule has 146 valence electrons. The van der Waals surface area contributed by atoms with Crippen LogP contribution in [0.2, 0.25) is 0 Å². The van der Waals surface area contributed by atoms with Crippen molar-refractivity contribution in [2.75, 3.05) is 13.7 Å². The lowest BCUT2D eigenvalue weighted by Crippen LogP contribution is -2.06. The third-order valence-electron chi connectivity index (χ3n) is 5.21. The molecule has 1 fully saturated rings. The number of ether oxygens (including phenoxy) is 2. The number of nitrogens with zero attached hydrogens (tertiary/aromatic N) is 2. The lowest BCUT2D eigenvalue weighted by molar-refractivity contribution is 0.284. The average molecular weight is 377 g/mol. The van der Waals surface area contributed by atoms with Crippen LogP contribution in [-0.2, 0) is 6.54 Å². The van der Waals surface area contributed by atoms with Crippen LogP contribution in [0.5, 0.6) is 11.5 Å². The van der Waals surface area contributed by atoms with Gasteiger partial charge in [0.1, 0.15) is 5.82 Å². The number of allylic oxidation sites excluding steroid dienone is 1. The molecule has 0 radical (unpaired) electrons. The molecule has 0 aliphatic heterocycles. The number of aryl methyl sites for hydroxylation is 1. The van der Waals surface area contributed by atoms with Gasteiger partial charge in [-0.2, -0.15) is 0 Å². The van der Waals surface area contributed by atoms with Crippen molar-refractivity contribution >= 4 is 17.1 Å². The highest BCUT2D eigenvalue weighted by Crippen LogP contribution is 2.40. The first-order valence-electron chi connectivity index (χ1n) is 10.2. The Morgan fingerprint density at radius 3 is 2.75 bits per heavy atom. The molecule has 4 rings (SSSR count). The molecule has 0 atom stereocenters. The molecule has 1 heterocycles. The van der Waals surface area contributed by atoms with E-state index in [1.54, 1.807) is 7.11 Å². The van der Waals surface area contributed by atoms with Crippen molar-refractivity contribution in [3.8, 4) is 11.5 Å². The van der Waals surface area contributed by atoms with E-state index >= 15 is 0 Å². The fourth-order valence-corrected chi connectivity index (χ4v) is 3.64. The highest BCUT2D eigenvalue weighted by molar-refractivity contribution is 5.76. The molecule has 0 saturated heterocycles. The van der Waals surface area contributed by atoms with Crippen molar-refractivity contribution in [3.05, 3.63) is 59.9 Å². The van der Waals surface area contributed by atoms with Gasteiger partial charge < -0.3 is 14.0 Å². The summed E-state index contributed by atoms with van der Waals surface area (Å²) in [6.07, 6.45) is 8.69. The second-order valence-corrected chi connectivity index (χ2v) is 7.35. The topological polar surface area (TPSA) is 36.3 Å². The largest absolute Gasteiger partial charge is 0.493 e. The van der Waals surface area contributed by atoms with Crippen LogP contribution in [0.1, 0.15) is 49.9 Å². The molecule has 3 aromatic rings. The standard InChI is InChI=1S/C24H28N2O2/c1-3-8-18-11-14-22(23(17-18)27-2)28-16-7-6-15-26-21-10-5-4-9-20(21)25-24(26)19-12-13-19/h3-5,8-11,14,17,19H,6-7,12-13,15-16H2,1-2H3/b8-3+. The van der Waals surface area contributed by atoms with E-state index in [2.05, 4.69) is 41.0 Å². The number of imidazole rings is 1. The monoisotopic (exact) mass is 376 g/mol. The number of unbranched alkanes of at least 4 members (excludes halogenated alkanes) is 1. The molecule has 1 aliphatic carbocycles. The van der Waals surface area contributed by atoms with Gasteiger partial charge in [0.05, 0.1) is 24.8 Å². The average Bonchev–Trinajstić information content (AvgIpc) is 3.50. The minimum Gasteiger partial charge on any atom is -0.493 e. The van der Waals surface area contributed by atoms with Gasteiger partial charge >= 0.3 is 0 Å². The highest BCUT2D eigenvalue weighted by Gasteiger charge is 2.29. The van der Waals surface area contributed by atoms with E-state index in [-0.39, 0.29) is 0 Å². The lowest BCUT2D eigenvalue weighted by Gasteiger charge is -2.12. The Morgan fingerprint density at radius 1 is 1.11 bits per heavy atom. The van der Waals surface area contributed by atoms with E-state index in [0.717, 1.165) is 42.0 Å². The van der Waals surface area contributed by atoms with E-state index in [1.807, 2.05) is 25.1 Å². The molecule has 0 spiro atoms. The van der Waals surface area contributed by atoms with Gasteiger partial charge in [-0.15, -0.1) is 0 Å². The van der Waals surface area contributed by atoms with Crippen molar-refractivity contribution in [1.29, 1.82) is 0 Å². The van der Waals surface area contributed by atoms with Gasteiger partial charge in [-0.1, -0.05) is 30.4 Å². The van der Waals surface area contributed by atoms with Gasteiger partial charge in [0, 0.05) is 12.5 Å². The molecular formula is C24H28N2O2. The summed E-state index contributed by atoms with van der Waals surface area (Å²) in [6, 6.07) is 14.5. The summed E-state index contributed by atoms with van der Waals surface area (Å²) in [4.78, 5) is 4.88. The van der Waals surface area contributed by atoms with Crippen molar-refractivity contribution in [2.45, 2.75) is 45.1 Å². The van der Waals surface area contributed by atoms with E-state index in [4.69, 9.17) is 14.5 Å². The number of para-hydroxylation sites is 2. The summed E-state index contributed by atoms with van der Waals surface area (Å²) in [7, 11) is 1.69. The molecule has 28 heavy (non-hydrogen) atoms. The number of rotatable bonds is 9. The van der Waals surface area contributed by atoms with Crippen LogP contribution < -0.4 is 9.47 Å². The predicted molar refractivity (Wildman–Crippen MR) is 114 cm³/mol. The Morgan fingerprint density at radius 2 is 1.96 bits per heavy atom. The summed E-state index contributed by atoms with van der Waals surface area (Å²) in [6.45, 7) is 3.69. The number of fused-ring (bicyclic) bond motifs is 1. The third kappa shape index (κ3) is 4.06. The third-order valence-corrected chi connectivity index (χ3v) is 5.21. The zero-order chi connectivity index (χ0) is 19.3. The zero-order valence-electron chi connectivity index (χ0n) is 16.7. The maximum absolute atomic E-state index is 5.98. The number of benzene rings is 2. The van der Waals surface area contributed by atoms with Crippen molar-refractivity contribution in [1.82, 2.24) is 9.55 Å². The van der Waals surface area contributed by atoms with E-state index in [9.17, 15) is 0 Å². The highest BCUT2D eigenvalue weighted by atomic mass is 16.5. The molecule has 0 amide bonds. The molecule has 2 aromatic carbocycles. The molecule has 1 aliphatic rings. The predicted octanol–water partition coefficient (Wildman–Crippen LogP) is 5.81.